The summed E-state index contributed by atoms with van der Waals surface area (Å²) in [4.78, 5) is 31.5. The number of halogens is 2. The average Bonchev–Trinajstić information content (AvgIpc) is 2.91. The number of hydrogen-bond donors (Lipinski definition) is 1. The van der Waals surface area contributed by atoms with Crippen molar-refractivity contribution in [1.29, 1.82) is 0 Å². The minimum Gasteiger partial charge on any atom is -0.486 e. The number of amides is 2. The van der Waals surface area contributed by atoms with E-state index in [0.717, 1.165) is 24.1 Å². The maximum atomic E-state index is 12.9. The van der Waals surface area contributed by atoms with E-state index in [-0.39, 0.29) is 22.0 Å². The third kappa shape index (κ3) is 4.99. The molecular weight excluding hydrogens is 501 g/mol. The van der Waals surface area contributed by atoms with Crippen LogP contribution in [0.5, 0.6) is 11.5 Å². The van der Waals surface area contributed by atoms with Gasteiger partial charge in [-0.2, -0.15) is 0 Å². The Morgan fingerprint density at radius 2 is 1.75 bits per heavy atom. The first-order valence-corrected chi connectivity index (χ1v) is 12.6. The Kier molecular flexibility index (Phi) is 7.03. The first-order chi connectivity index (χ1) is 17.4. The van der Waals surface area contributed by atoms with E-state index in [1.807, 2.05) is 36.1 Å². The predicted octanol–water partition coefficient (Wildman–Crippen LogP) is 5.74. The molecule has 3 heterocycles. The Bertz CT molecular complexity index is 1310. The fourth-order valence-electron chi connectivity index (χ4n) is 4.67. The molecule has 0 bridgehead atoms. The average molecular weight is 526 g/mol. The zero-order valence-electron chi connectivity index (χ0n) is 19.7. The zero-order chi connectivity index (χ0) is 25.2. The Balaban J connectivity index is 1.19. The van der Waals surface area contributed by atoms with Crippen LogP contribution in [0.25, 0.3) is 0 Å². The number of hydrogen-bond acceptors (Lipinski definition) is 5. The first-order valence-electron chi connectivity index (χ1n) is 11.8. The van der Waals surface area contributed by atoms with Crippen LogP contribution < -0.4 is 14.8 Å². The van der Waals surface area contributed by atoms with Crippen molar-refractivity contribution >= 4 is 40.7 Å². The van der Waals surface area contributed by atoms with Gasteiger partial charge in [0.05, 0.1) is 10.6 Å². The lowest BCUT2D eigenvalue weighted by Gasteiger charge is -2.32. The van der Waals surface area contributed by atoms with E-state index in [1.165, 1.54) is 11.8 Å². The number of pyridine rings is 1. The molecule has 0 spiro atoms. The second-order valence-corrected chi connectivity index (χ2v) is 9.67. The van der Waals surface area contributed by atoms with E-state index in [4.69, 9.17) is 32.7 Å². The van der Waals surface area contributed by atoms with Gasteiger partial charge in [0.2, 0.25) is 0 Å². The molecule has 2 amide bonds. The molecule has 1 aromatic heterocycles. The van der Waals surface area contributed by atoms with Gasteiger partial charge in [0.25, 0.3) is 11.8 Å². The van der Waals surface area contributed by atoms with Crippen LogP contribution >= 0.6 is 23.2 Å². The molecule has 2 aliphatic heterocycles. The number of nitrogens with zero attached hydrogens (tertiary/aromatic N) is 2. The molecule has 0 aliphatic carbocycles. The minimum absolute atomic E-state index is 0.0907. The lowest BCUT2D eigenvalue weighted by atomic mass is 9.89. The van der Waals surface area contributed by atoms with Crippen LogP contribution in [0.1, 0.15) is 50.6 Å². The highest BCUT2D eigenvalue weighted by Gasteiger charge is 2.25. The lowest BCUT2D eigenvalue weighted by Crippen LogP contribution is -2.38. The molecule has 3 aromatic rings. The van der Waals surface area contributed by atoms with Crippen molar-refractivity contribution in [2.24, 2.45) is 0 Å². The molecular formula is C27H25Cl2N3O4. The number of carbonyl (C=O) groups excluding carboxylic acids is 2. The molecule has 7 nitrogen and oxygen atoms in total. The molecule has 0 radical (unpaired) electrons. The van der Waals surface area contributed by atoms with E-state index >= 15 is 0 Å². The van der Waals surface area contributed by atoms with Gasteiger partial charge in [0.1, 0.15) is 18.4 Å². The van der Waals surface area contributed by atoms with Crippen molar-refractivity contribution in [1.82, 2.24) is 9.88 Å². The highest BCUT2D eigenvalue weighted by Crippen LogP contribution is 2.36. The highest BCUT2D eigenvalue weighted by atomic mass is 35.5. The summed E-state index contributed by atoms with van der Waals surface area (Å²) in [5, 5.41) is 3.43. The summed E-state index contributed by atoms with van der Waals surface area (Å²) in [6.45, 7) is 4.13. The summed E-state index contributed by atoms with van der Waals surface area (Å²) in [5.74, 6) is 1.35. The SMILES string of the molecule is Cc1c(C(=O)Nc2ccc(C3CCN(C(=O)c4cnc(Cl)c(Cl)c4)CC3)cc2)ccc2c1OCCO2. The number of piperidine rings is 1. The number of benzene rings is 2. The fourth-order valence-corrected chi connectivity index (χ4v) is 4.94. The van der Waals surface area contributed by atoms with Crippen molar-refractivity contribution in [3.63, 3.8) is 0 Å². The summed E-state index contributed by atoms with van der Waals surface area (Å²) in [7, 11) is 0. The molecule has 9 heteroatoms. The molecule has 2 aliphatic rings. The molecule has 2 aromatic carbocycles. The molecule has 186 valence electrons. The van der Waals surface area contributed by atoms with Crippen molar-refractivity contribution in [2.75, 3.05) is 31.6 Å². The summed E-state index contributed by atoms with van der Waals surface area (Å²) in [5.41, 5.74) is 3.66. The quantitative estimate of drug-likeness (QED) is 0.439. The molecule has 1 saturated heterocycles. The minimum atomic E-state index is -0.194. The van der Waals surface area contributed by atoms with Crippen LogP contribution in [0, 0.1) is 6.92 Å². The topological polar surface area (TPSA) is 80.8 Å². The van der Waals surface area contributed by atoms with Crippen LogP contribution in [0.15, 0.2) is 48.7 Å². The third-order valence-corrected chi connectivity index (χ3v) is 7.35. The Hall–Kier alpha value is -3.29. The summed E-state index contributed by atoms with van der Waals surface area (Å²) in [6.07, 6.45) is 3.16. The number of rotatable bonds is 4. The van der Waals surface area contributed by atoms with E-state index < -0.39 is 0 Å². The van der Waals surface area contributed by atoms with Gasteiger partial charge in [-0.1, -0.05) is 35.3 Å². The lowest BCUT2D eigenvalue weighted by molar-refractivity contribution is 0.0712. The second kappa shape index (κ2) is 10.4. The Morgan fingerprint density at radius 3 is 2.47 bits per heavy atom. The second-order valence-electron chi connectivity index (χ2n) is 8.90. The maximum Gasteiger partial charge on any atom is 0.256 e. The molecule has 5 rings (SSSR count). The molecule has 1 fully saturated rings. The number of aromatic nitrogens is 1. The largest absolute Gasteiger partial charge is 0.486 e. The van der Waals surface area contributed by atoms with Crippen molar-refractivity contribution in [3.05, 3.63) is 81.1 Å². The third-order valence-electron chi connectivity index (χ3n) is 6.67. The van der Waals surface area contributed by atoms with Gasteiger partial charge in [-0.05, 0) is 61.6 Å². The normalized spacial score (nSPS) is 15.5. The molecule has 1 N–H and O–H groups in total. The Labute approximate surface area is 219 Å². The molecule has 0 saturated carbocycles. The van der Waals surface area contributed by atoms with Crippen LogP contribution in [0.3, 0.4) is 0 Å². The van der Waals surface area contributed by atoms with Crippen LogP contribution in [0.2, 0.25) is 10.2 Å². The number of fused-ring (bicyclic) bond motifs is 1. The molecule has 0 atom stereocenters. The maximum absolute atomic E-state index is 12.9. The highest BCUT2D eigenvalue weighted by molar-refractivity contribution is 6.41. The van der Waals surface area contributed by atoms with Gasteiger partial charge in [0.15, 0.2) is 11.5 Å². The summed E-state index contributed by atoms with van der Waals surface area (Å²) >= 11 is 11.9. The number of ether oxygens (including phenoxy) is 2. The van der Waals surface area contributed by atoms with Gasteiger partial charge < -0.3 is 19.7 Å². The van der Waals surface area contributed by atoms with Gasteiger partial charge in [-0.15, -0.1) is 0 Å². The smallest absolute Gasteiger partial charge is 0.256 e. The molecule has 0 unspecified atom stereocenters. The zero-order valence-corrected chi connectivity index (χ0v) is 21.2. The van der Waals surface area contributed by atoms with E-state index in [0.29, 0.717) is 54.8 Å². The fraction of sp³-hybridized carbons (Fsp3) is 0.296. The van der Waals surface area contributed by atoms with Crippen molar-refractivity contribution in [2.45, 2.75) is 25.7 Å². The van der Waals surface area contributed by atoms with Gasteiger partial charge in [-0.3, -0.25) is 9.59 Å². The van der Waals surface area contributed by atoms with Gasteiger partial charge in [-0.25, -0.2) is 4.98 Å². The number of carbonyl (C=O) groups is 2. The first kappa shape index (κ1) is 24.4. The Morgan fingerprint density at radius 1 is 1.03 bits per heavy atom. The summed E-state index contributed by atoms with van der Waals surface area (Å²) < 4.78 is 11.3. The van der Waals surface area contributed by atoms with Crippen LogP contribution in [0.4, 0.5) is 5.69 Å². The predicted molar refractivity (Wildman–Crippen MR) is 139 cm³/mol. The number of anilines is 1. The number of likely N-dealkylation sites (tertiary alicyclic amines) is 1. The molecule has 36 heavy (non-hydrogen) atoms. The summed E-state index contributed by atoms with van der Waals surface area (Å²) in [6, 6.07) is 13.0. The van der Waals surface area contributed by atoms with Gasteiger partial charge in [0, 0.05) is 36.1 Å². The number of nitrogens with one attached hydrogen (secondary N) is 1. The van der Waals surface area contributed by atoms with Crippen LogP contribution in [-0.4, -0.2) is 48.0 Å². The van der Waals surface area contributed by atoms with Crippen LogP contribution in [-0.2, 0) is 0 Å². The van der Waals surface area contributed by atoms with E-state index in [2.05, 4.69) is 10.3 Å². The monoisotopic (exact) mass is 525 g/mol. The van der Waals surface area contributed by atoms with Crippen molar-refractivity contribution < 1.29 is 19.1 Å². The van der Waals surface area contributed by atoms with Crippen molar-refractivity contribution in [3.8, 4) is 11.5 Å². The van der Waals surface area contributed by atoms with E-state index in [1.54, 1.807) is 18.2 Å². The van der Waals surface area contributed by atoms with E-state index in [9.17, 15) is 9.59 Å². The van der Waals surface area contributed by atoms with Gasteiger partial charge >= 0.3 is 0 Å². The standard InChI is InChI=1S/C27H25Cl2N3O4/c1-16-21(6-7-23-24(16)36-13-12-35-23)26(33)31-20-4-2-17(3-5-20)18-8-10-32(11-9-18)27(34)19-14-22(28)25(29)30-15-19/h2-7,14-15,18H,8-13H2,1H3,(H,31,33).